The van der Waals surface area contributed by atoms with Gasteiger partial charge in [0.15, 0.2) is 30.1 Å². The molecule has 0 radical (unpaired) electrons. The van der Waals surface area contributed by atoms with E-state index in [1.165, 1.54) is 37.7 Å². The molecule has 0 heterocycles. The summed E-state index contributed by atoms with van der Waals surface area (Å²) < 4.78 is 75.2. The first-order valence-electron chi connectivity index (χ1n) is 15.9. The van der Waals surface area contributed by atoms with E-state index in [2.05, 4.69) is 12.1 Å². The van der Waals surface area contributed by atoms with E-state index in [9.17, 15) is 13.3 Å². The molecular formula is C33H50F4O3S. The summed E-state index contributed by atoms with van der Waals surface area (Å²) in [6, 6.07) is 4.42. The van der Waals surface area contributed by atoms with E-state index in [0.29, 0.717) is 11.7 Å². The zero-order chi connectivity index (χ0) is 29.9. The van der Waals surface area contributed by atoms with Gasteiger partial charge in [0.2, 0.25) is 0 Å². The molecule has 3 fully saturated rings. The monoisotopic (exact) mass is 602 g/mol. The van der Waals surface area contributed by atoms with Crippen molar-refractivity contribution in [3.8, 4) is 5.75 Å². The van der Waals surface area contributed by atoms with Gasteiger partial charge in [0, 0.05) is 19.2 Å². The predicted octanol–water partition coefficient (Wildman–Crippen LogP) is 10.6. The number of ether oxygens (including phenoxy) is 1. The average Bonchev–Trinajstić information content (AvgIpc) is 3.05. The van der Waals surface area contributed by atoms with E-state index in [4.69, 9.17) is 9.84 Å². The number of halogens is 4. The van der Waals surface area contributed by atoms with E-state index in [-0.39, 0.29) is 23.9 Å². The number of aliphatic hydroxyl groups is 1. The number of rotatable bonds is 6. The van der Waals surface area contributed by atoms with Crippen molar-refractivity contribution in [2.24, 2.45) is 0 Å². The molecule has 41 heavy (non-hydrogen) atoms. The number of hydrogen-bond acceptors (Lipinski definition) is 4. The maximum atomic E-state index is 15.2. The van der Waals surface area contributed by atoms with Crippen LogP contribution in [-0.2, 0) is 0 Å². The summed E-state index contributed by atoms with van der Waals surface area (Å²) in [5.41, 5.74) is 3.27. The topological polar surface area (TPSA) is 49.7 Å². The smallest absolute Gasteiger partial charge is 0.186 e. The highest BCUT2D eigenvalue weighted by atomic mass is 32.2. The fraction of sp³-hybridized carbons (Fsp3) is 0.758. The van der Waals surface area contributed by atoms with Crippen LogP contribution in [0.25, 0.3) is 0 Å². The second-order valence-electron chi connectivity index (χ2n) is 11.7. The Labute approximate surface area is 248 Å². The second kappa shape index (κ2) is 17.1. The SMILES string of the molecule is CC.CO.OSC1C(F)=C(F)C(Oc2c(C3CCCCC3)cc(C3CCCCC3)cc2C2CCCCC2)C(F)C1F. The largest absolute Gasteiger partial charge is 0.479 e. The van der Waals surface area contributed by atoms with Crippen molar-refractivity contribution < 1.29 is 32.0 Å². The summed E-state index contributed by atoms with van der Waals surface area (Å²) in [5, 5.41) is 5.10. The number of hydrogen-bond donors (Lipinski definition) is 2. The standard InChI is InChI=1S/C30H40F4O2S.C2H6.CH4O/c31-24-26(33)30(37-35)27(34)25(32)29(24)36-28-22(19-12-6-2-7-13-19)16-21(18-10-4-1-5-11-18)17-23(28)20-14-8-3-9-15-20;2*1-2/h16-20,24,26,29-30,35H,1-15H2;1-2H3;2H,1H3. The Morgan fingerprint density at radius 3 is 1.49 bits per heavy atom. The Hall–Kier alpha value is -1.25. The van der Waals surface area contributed by atoms with Crippen LogP contribution in [0.2, 0.25) is 0 Å². The third-order valence-corrected chi connectivity index (χ3v) is 10.00. The lowest BCUT2D eigenvalue weighted by Crippen LogP contribution is -2.46. The van der Waals surface area contributed by atoms with Gasteiger partial charge in [-0.25, -0.2) is 17.6 Å². The Bertz CT molecular complexity index is 917. The molecule has 4 unspecified atom stereocenters. The van der Waals surface area contributed by atoms with Gasteiger partial charge < -0.3 is 14.4 Å². The van der Waals surface area contributed by atoms with Crippen LogP contribution in [0, 0.1) is 0 Å². The van der Waals surface area contributed by atoms with Crippen LogP contribution in [0.5, 0.6) is 5.75 Å². The number of benzene rings is 1. The van der Waals surface area contributed by atoms with Crippen LogP contribution in [0.4, 0.5) is 17.6 Å². The summed E-state index contributed by atoms with van der Waals surface area (Å²) in [6.07, 6.45) is 9.87. The molecule has 3 saturated carbocycles. The Balaban J connectivity index is 0.00000111. The molecule has 4 atom stereocenters. The molecule has 8 heteroatoms. The van der Waals surface area contributed by atoms with Gasteiger partial charge in [0.25, 0.3) is 0 Å². The minimum absolute atomic E-state index is 0.196. The Morgan fingerprint density at radius 2 is 1.07 bits per heavy atom. The fourth-order valence-corrected chi connectivity index (χ4v) is 7.64. The van der Waals surface area contributed by atoms with Crippen LogP contribution in [0.1, 0.15) is 145 Å². The Morgan fingerprint density at radius 1 is 0.659 bits per heavy atom. The van der Waals surface area contributed by atoms with Gasteiger partial charge >= 0.3 is 0 Å². The van der Waals surface area contributed by atoms with Crippen LogP contribution in [0.3, 0.4) is 0 Å². The zero-order valence-electron chi connectivity index (χ0n) is 25.0. The molecule has 2 N–H and O–H groups in total. The van der Waals surface area contributed by atoms with Crippen LogP contribution in [-0.4, -0.2) is 40.5 Å². The first-order chi connectivity index (χ1) is 20.0. The van der Waals surface area contributed by atoms with Crippen molar-refractivity contribution in [1.29, 1.82) is 0 Å². The molecule has 4 aliphatic rings. The van der Waals surface area contributed by atoms with Gasteiger partial charge in [0.05, 0.1) is 0 Å². The maximum Gasteiger partial charge on any atom is 0.186 e. The summed E-state index contributed by atoms with van der Waals surface area (Å²) in [4.78, 5) is 0. The average molecular weight is 603 g/mol. The van der Waals surface area contributed by atoms with Crippen molar-refractivity contribution in [3.05, 3.63) is 40.5 Å². The second-order valence-corrected chi connectivity index (χ2v) is 12.4. The van der Waals surface area contributed by atoms with Crippen molar-refractivity contribution in [2.75, 3.05) is 7.11 Å². The molecule has 0 bridgehead atoms. The lowest BCUT2D eigenvalue weighted by atomic mass is 9.75. The van der Waals surface area contributed by atoms with Gasteiger partial charge in [-0.05, 0) is 73.0 Å². The minimum atomic E-state index is -2.40. The molecule has 0 aliphatic heterocycles. The third-order valence-electron chi connectivity index (χ3n) is 9.30. The predicted molar refractivity (Wildman–Crippen MR) is 161 cm³/mol. The summed E-state index contributed by atoms with van der Waals surface area (Å²) in [5.74, 6) is -1.52. The van der Waals surface area contributed by atoms with Gasteiger partial charge in [-0.3, -0.25) is 0 Å². The summed E-state index contributed by atoms with van der Waals surface area (Å²) in [7, 11) is 1.00. The molecule has 0 aromatic heterocycles. The van der Waals surface area contributed by atoms with Crippen molar-refractivity contribution in [1.82, 2.24) is 0 Å². The van der Waals surface area contributed by atoms with Gasteiger partial charge in [0.1, 0.15) is 11.0 Å². The molecule has 3 nitrogen and oxygen atoms in total. The molecule has 1 aromatic rings. The molecule has 0 spiro atoms. The fourth-order valence-electron chi connectivity index (χ4n) is 7.17. The Kier molecular flexibility index (Phi) is 14.3. The lowest BCUT2D eigenvalue weighted by molar-refractivity contribution is 0.0325. The molecule has 0 saturated heterocycles. The van der Waals surface area contributed by atoms with E-state index in [1.54, 1.807) is 0 Å². The highest BCUT2D eigenvalue weighted by molar-refractivity contribution is 7.94. The first-order valence-corrected chi connectivity index (χ1v) is 16.8. The minimum Gasteiger partial charge on any atom is -0.479 e. The molecule has 234 valence electrons. The van der Waals surface area contributed by atoms with Crippen LogP contribution in [0.15, 0.2) is 23.8 Å². The molecule has 0 amide bonds. The van der Waals surface area contributed by atoms with Gasteiger partial charge in [-0.2, -0.15) is 0 Å². The zero-order valence-corrected chi connectivity index (χ0v) is 25.8. The maximum absolute atomic E-state index is 15.2. The van der Waals surface area contributed by atoms with Crippen LogP contribution < -0.4 is 4.74 Å². The highest BCUT2D eigenvalue weighted by Gasteiger charge is 2.49. The molecule has 1 aromatic carbocycles. The summed E-state index contributed by atoms with van der Waals surface area (Å²) >= 11 is -0.196. The van der Waals surface area contributed by atoms with Crippen molar-refractivity contribution in [3.63, 3.8) is 0 Å². The highest BCUT2D eigenvalue weighted by Crippen LogP contribution is 2.49. The van der Waals surface area contributed by atoms with E-state index < -0.39 is 35.4 Å². The normalized spacial score (nSPS) is 28.3. The van der Waals surface area contributed by atoms with Gasteiger partial charge in [-0.15, -0.1) is 0 Å². The third kappa shape index (κ3) is 8.03. The quantitative estimate of drug-likeness (QED) is 0.251. The van der Waals surface area contributed by atoms with Gasteiger partial charge in [-0.1, -0.05) is 83.8 Å². The van der Waals surface area contributed by atoms with E-state index >= 15 is 8.78 Å². The van der Waals surface area contributed by atoms with Crippen molar-refractivity contribution in [2.45, 2.75) is 152 Å². The van der Waals surface area contributed by atoms with E-state index in [1.807, 2.05) is 13.8 Å². The molecular weight excluding hydrogens is 552 g/mol. The molecule has 4 aliphatic carbocycles. The van der Waals surface area contributed by atoms with Crippen molar-refractivity contribution >= 4 is 12.0 Å². The number of alkyl halides is 2. The molecule has 5 rings (SSSR count). The lowest BCUT2D eigenvalue weighted by Gasteiger charge is -2.36. The summed E-state index contributed by atoms with van der Waals surface area (Å²) in [6.45, 7) is 4.00. The van der Waals surface area contributed by atoms with Crippen LogP contribution >= 0.6 is 12.0 Å². The van der Waals surface area contributed by atoms with E-state index in [0.717, 1.165) is 82.4 Å². The first kappa shape index (κ1) is 34.2. The number of aliphatic hydroxyl groups excluding tert-OH is 1.